The highest BCUT2D eigenvalue weighted by Crippen LogP contribution is 2.43. The largest absolute Gasteiger partial charge is 0.504 e. The average Bonchev–Trinajstić information content (AvgIpc) is 2.92. The lowest BCUT2D eigenvalue weighted by atomic mass is 10.0. The Hall–Kier alpha value is -3.30. The first-order valence-corrected chi connectivity index (χ1v) is 5.75. The van der Waals surface area contributed by atoms with Crippen LogP contribution in [-0.4, -0.2) is 35.0 Å². The van der Waals surface area contributed by atoms with Gasteiger partial charge in [-0.05, 0) is 12.1 Å². The van der Waals surface area contributed by atoms with Crippen LogP contribution in [0.2, 0.25) is 0 Å². The van der Waals surface area contributed by atoms with Crippen molar-refractivity contribution in [3.63, 3.8) is 0 Å². The molecular weight excluding hydrogens is 282 g/mol. The molecule has 2 aromatic rings. The topological polar surface area (TPSA) is 147 Å². The zero-order valence-corrected chi connectivity index (χ0v) is 10.3. The van der Waals surface area contributed by atoms with Crippen LogP contribution in [0.3, 0.4) is 0 Å². The fraction of sp³-hybridized carbons (Fsp3) is 0.0909. The van der Waals surface area contributed by atoms with Gasteiger partial charge in [-0.2, -0.15) is 10.1 Å². The molecule has 1 unspecified atom stereocenters. The van der Waals surface area contributed by atoms with Crippen LogP contribution in [0, 0.1) is 10.1 Å². The predicted molar refractivity (Wildman–Crippen MR) is 68.3 cm³/mol. The fourth-order valence-electron chi connectivity index (χ4n) is 2.13. The molecule has 0 amide bonds. The van der Waals surface area contributed by atoms with Crippen LogP contribution in [0.15, 0.2) is 30.4 Å². The number of hydrogen-bond acceptors (Lipinski definition) is 8. The molecule has 2 heterocycles. The highest BCUT2D eigenvalue weighted by atomic mass is 16.6. The molecule has 1 aromatic carbocycles. The van der Waals surface area contributed by atoms with Gasteiger partial charge in [-0.1, -0.05) is 0 Å². The van der Waals surface area contributed by atoms with Crippen LogP contribution in [0.25, 0.3) is 0 Å². The normalized spacial score (nSPS) is 16.8. The SMILES string of the molecule is O=[N+]([O-])C1=CNc2ncnn2C1c1ccc(O)c(O)c1O. The molecular formula is C11H9N5O5. The monoisotopic (exact) mass is 291 g/mol. The van der Waals surface area contributed by atoms with Crippen LogP contribution in [0.1, 0.15) is 11.6 Å². The van der Waals surface area contributed by atoms with Crippen molar-refractivity contribution in [1.82, 2.24) is 14.8 Å². The second-order valence-electron chi connectivity index (χ2n) is 4.27. The fourth-order valence-corrected chi connectivity index (χ4v) is 2.13. The number of benzene rings is 1. The van der Waals surface area contributed by atoms with Gasteiger partial charge in [-0.25, -0.2) is 4.68 Å². The summed E-state index contributed by atoms with van der Waals surface area (Å²) < 4.78 is 1.20. The van der Waals surface area contributed by atoms with Gasteiger partial charge in [0, 0.05) is 5.56 Å². The van der Waals surface area contributed by atoms with Crippen LogP contribution in [0.4, 0.5) is 5.95 Å². The molecule has 10 heteroatoms. The summed E-state index contributed by atoms with van der Waals surface area (Å²) in [6, 6.07) is 1.30. The van der Waals surface area contributed by atoms with Crippen molar-refractivity contribution in [2.45, 2.75) is 6.04 Å². The third-order valence-corrected chi connectivity index (χ3v) is 3.11. The number of nitrogens with one attached hydrogen (secondary N) is 1. The van der Waals surface area contributed by atoms with Gasteiger partial charge >= 0.3 is 0 Å². The van der Waals surface area contributed by atoms with Gasteiger partial charge in [0.25, 0.3) is 5.70 Å². The van der Waals surface area contributed by atoms with E-state index >= 15 is 0 Å². The molecule has 4 N–H and O–H groups in total. The zero-order valence-electron chi connectivity index (χ0n) is 10.3. The smallest absolute Gasteiger partial charge is 0.291 e. The van der Waals surface area contributed by atoms with Crippen molar-refractivity contribution >= 4 is 5.95 Å². The Morgan fingerprint density at radius 1 is 1.29 bits per heavy atom. The summed E-state index contributed by atoms with van der Waals surface area (Å²) in [6.45, 7) is 0. The van der Waals surface area contributed by atoms with Gasteiger partial charge in [0.2, 0.25) is 11.7 Å². The number of allylic oxidation sites excluding steroid dienone is 1. The first-order valence-electron chi connectivity index (χ1n) is 5.75. The van der Waals surface area contributed by atoms with Crippen molar-refractivity contribution in [2.75, 3.05) is 5.32 Å². The summed E-state index contributed by atoms with van der Waals surface area (Å²) >= 11 is 0. The second-order valence-corrected chi connectivity index (χ2v) is 4.27. The van der Waals surface area contributed by atoms with Crippen LogP contribution >= 0.6 is 0 Å². The van der Waals surface area contributed by atoms with Gasteiger partial charge in [0.1, 0.15) is 6.33 Å². The molecule has 0 spiro atoms. The van der Waals surface area contributed by atoms with E-state index in [-0.39, 0.29) is 17.2 Å². The quantitative estimate of drug-likeness (QED) is 0.356. The maximum atomic E-state index is 11.2. The molecule has 0 radical (unpaired) electrons. The molecule has 0 bridgehead atoms. The van der Waals surface area contributed by atoms with E-state index in [4.69, 9.17) is 0 Å². The van der Waals surface area contributed by atoms with Crippen molar-refractivity contribution in [2.24, 2.45) is 0 Å². The summed E-state index contributed by atoms with van der Waals surface area (Å²) in [5.41, 5.74) is -0.283. The third-order valence-electron chi connectivity index (χ3n) is 3.11. The van der Waals surface area contributed by atoms with E-state index in [1.807, 2.05) is 0 Å². The Morgan fingerprint density at radius 3 is 2.76 bits per heavy atom. The molecule has 21 heavy (non-hydrogen) atoms. The first kappa shape index (κ1) is 12.7. The minimum Gasteiger partial charge on any atom is -0.504 e. The summed E-state index contributed by atoms with van der Waals surface area (Å²) in [7, 11) is 0. The predicted octanol–water partition coefficient (Wildman–Crippen LogP) is 0.528. The Balaban J connectivity index is 2.22. The molecule has 1 aliphatic heterocycles. The maximum absolute atomic E-state index is 11.2. The number of hydrogen-bond donors (Lipinski definition) is 4. The highest BCUT2D eigenvalue weighted by Gasteiger charge is 2.37. The summed E-state index contributed by atoms with van der Waals surface area (Å²) in [5, 5.41) is 46.6. The van der Waals surface area contributed by atoms with Gasteiger partial charge in [-0.15, -0.1) is 0 Å². The molecule has 1 atom stereocenters. The van der Waals surface area contributed by atoms with Gasteiger partial charge in [0.15, 0.2) is 17.5 Å². The minimum absolute atomic E-state index is 0.0153. The van der Waals surface area contributed by atoms with Crippen molar-refractivity contribution in [1.29, 1.82) is 0 Å². The van der Waals surface area contributed by atoms with Crippen LogP contribution in [-0.2, 0) is 0 Å². The Morgan fingerprint density at radius 2 is 2.05 bits per heavy atom. The van der Waals surface area contributed by atoms with Gasteiger partial charge < -0.3 is 20.6 Å². The second kappa shape index (κ2) is 4.37. The van der Waals surface area contributed by atoms with E-state index in [9.17, 15) is 25.4 Å². The molecule has 3 rings (SSSR count). The lowest BCUT2D eigenvalue weighted by molar-refractivity contribution is -0.431. The van der Waals surface area contributed by atoms with E-state index in [1.165, 1.54) is 17.1 Å². The molecule has 10 nitrogen and oxygen atoms in total. The van der Waals surface area contributed by atoms with Gasteiger partial charge in [-0.3, -0.25) is 10.1 Å². The van der Waals surface area contributed by atoms with E-state index in [0.717, 1.165) is 12.3 Å². The van der Waals surface area contributed by atoms with Crippen molar-refractivity contribution in [3.8, 4) is 17.2 Å². The molecule has 0 aliphatic carbocycles. The Bertz CT molecular complexity index is 768. The summed E-state index contributed by atoms with van der Waals surface area (Å²) in [6.07, 6.45) is 2.33. The number of aromatic hydroxyl groups is 3. The Labute approximate surface area is 116 Å². The molecule has 1 aromatic heterocycles. The number of rotatable bonds is 2. The van der Waals surface area contributed by atoms with Crippen molar-refractivity contribution < 1.29 is 20.2 Å². The molecule has 0 fully saturated rings. The van der Waals surface area contributed by atoms with E-state index in [0.29, 0.717) is 0 Å². The summed E-state index contributed by atoms with van der Waals surface area (Å²) in [4.78, 5) is 14.4. The zero-order chi connectivity index (χ0) is 15.1. The molecule has 0 saturated heterocycles. The number of phenols is 3. The standard InChI is InChI=1S/C11H9N5O5/c17-7-2-1-5(9(18)10(7)19)8-6(16(20)21)3-12-11-13-4-14-15(8)11/h1-4,8,17-19H,(H,12,13,14). The van der Waals surface area contributed by atoms with E-state index < -0.39 is 28.2 Å². The number of nitro groups is 1. The number of phenolic OH excluding ortho intramolecular Hbond substituents is 3. The minimum atomic E-state index is -1.09. The average molecular weight is 291 g/mol. The van der Waals surface area contributed by atoms with E-state index in [2.05, 4.69) is 15.4 Å². The van der Waals surface area contributed by atoms with Crippen LogP contribution in [0.5, 0.6) is 17.2 Å². The van der Waals surface area contributed by atoms with Crippen molar-refractivity contribution in [3.05, 3.63) is 46.0 Å². The number of anilines is 1. The number of aromatic nitrogens is 3. The third kappa shape index (κ3) is 1.81. The first-order chi connectivity index (χ1) is 10.0. The molecule has 108 valence electrons. The molecule has 1 aliphatic rings. The number of nitrogens with zero attached hydrogens (tertiary/aromatic N) is 4. The maximum Gasteiger partial charge on any atom is 0.291 e. The highest BCUT2D eigenvalue weighted by molar-refractivity contribution is 5.56. The lowest BCUT2D eigenvalue weighted by Gasteiger charge is -2.21. The molecule has 0 saturated carbocycles. The van der Waals surface area contributed by atoms with E-state index in [1.54, 1.807) is 0 Å². The van der Waals surface area contributed by atoms with Crippen LogP contribution < -0.4 is 5.32 Å². The lowest BCUT2D eigenvalue weighted by Crippen LogP contribution is -2.25. The number of fused-ring (bicyclic) bond motifs is 1. The van der Waals surface area contributed by atoms with Gasteiger partial charge in [0.05, 0.1) is 11.1 Å². The Kier molecular flexibility index (Phi) is 2.65. The summed E-state index contributed by atoms with van der Waals surface area (Å²) in [5.74, 6) is -1.69.